The second-order valence-corrected chi connectivity index (χ2v) is 11.3. The van der Waals surface area contributed by atoms with Gasteiger partial charge in [-0.25, -0.2) is 0 Å². The molecule has 0 radical (unpaired) electrons. The molecule has 162 valence electrons. The minimum Gasteiger partial charge on any atom is -0.312 e. The van der Waals surface area contributed by atoms with Gasteiger partial charge in [-0.1, -0.05) is 46.6 Å². The highest BCUT2D eigenvalue weighted by molar-refractivity contribution is 7.55. The van der Waals surface area contributed by atoms with Gasteiger partial charge in [-0.15, -0.1) is 0 Å². The van der Waals surface area contributed by atoms with Crippen molar-refractivity contribution in [2.45, 2.75) is 92.1 Å². The zero-order valence-electron chi connectivity index (χ0n) is 19.7. The Morgan fingerprint density at radius 1 is 0.750 bits per heavy atom. The molecule has 4 heteroatoms. The maximum atomic E-state index is 13.3. The predicted molar refractivity (Wildman–Crippen MR) is 124 cm³/mol. The molecule has 0 heterocycles. The Balaban J connectivity index is 5.32. The van der Waals surface area contributed by atoms with Crippen molar-refractivity contribution in [3.05, 3.63) is 46.6 Å². The first-order valence-electron chi connectivity index (χ1n) is 10.3. The lowest BCUT2D eigenvalue weighted by molar-refractivity contribution is 0.247. The molecule has 0 saturated carbocycles. The van der Waals surface area contributed by atoms with E-state index in [4.69, 9.17) is 9.05 Å². The van der Waals surface area contributed by atoms with Gasteiger partial charge in [0, 0.05) is 14.2 Å². The molecule has 0 rings (SSSR count). The molecule has 0 aromatic rings. The molecule has 0 aliphatic rings. The molecule has 0 aliphatic carbocycles. The van der Waals surface area contributed by atoms with Crippen LogP contribution in [0.25, 0.3) is 0 Å². The zero-order chi connectivity index (χ0) is 21.8. The molecule has 0 spiro atoms. The highest BCUT2D eigenvalue weighted by Crippen LogP contribution is 2.62. The lowest BCUT2D eigenvalue weighted by Crippen LogP contribution is -2.25. The summed E-state index contributed by atoms with van der Waals surface area (Å²) in [4.78, 5) is 0. The Bertz CT molecular complexity index is 582. The van der Waals surface area contributed by atoms with Gasteiger partial charge in [0.2, 0.25) is 0 Å². The molecule has 0 N–H and O–H groups in total. The van der Waals surface area contributed by atoms with Crippen LogP contribution in [-0.2, 0) is 13.6 Å². The molecule has 0 aliphatic heterocycles. The number of rotatable bonds is 13. The van der Waals surface area contributed by atoms with E-state index in [0.717, 1.165) is 25.7 Å². The Morgan fingerprint density at radius 3 is 1.39 bits per heavy atom. The summed E-state index contributed by atoms with van der Waals surface area (Å²) in [6.07, 6.45) is 14.4. The monoisotopic (exact) mass is 410 g/mol. The summed E-state index contributed by atoms with van der Waals surface area (Å²) in [7, 11) is -0.241. The quantitative estimate of drug-likeness (QED) is 0.226. The van der Waals surface area contributed by atoms with E-state index in [1.807, 2.05) is 6.92 Å². The van der Waals surface area contributed by atoms with Crippen LogP contribution in [0.3, 0.4) is 0 Å². The van der Waals surface area contributed by atoms with Crippen LogP contribution in [0.2, 0.25) is 0 Å². The smallest absolute Gasteiger partial charge is 0.312 e. The fraction of sp³-hybridized carbons (Fsp3) is 0.667. The van der Waals surface area contributed by atoms with E-state index >= 15 is 0 Å². The zero-order valence-corrected chi connectivity index (χ0v) is 20.6. The molecule has 0 amide bonds. The van der Waals surface area contributed by atoms with Crippen LogP contribution in [0.5, 0.6) is 0 Å². The van der Waals surface area contributed by atoms with Gasteiger partial charge in [0.05, 0.1) is 5.16 Å². The first kappa shape index (κ1) is 27.1. The van der Waals surface area contributed by atoms with E-state index in [2.05, 4.69) is 65.8 Å². The third-order valence-corrected chi connectivity index (χ3v) is 7.75. The number of hydrogen-bond acceptors (Lipinski definition) is 3. The summed E-state index contributed by atoms with van der Waals surface area (Å²) in [5.74, 6) is 0. The standard InChI is InChI=1S/C24H43O3P/c1-20(2)12-10-14-22(5)16-18-24(7,28(25,26-8)27-9)19-17-23(6)15-11-13-21(3)4/h12-13,16-17H,10-11,14-15,18-19H2,1-9H3/b22-16+,23-17+. The molecular weight excluding hydrogens is 367 g/mol. The van der Waals surface area contributed by atoms with Crippen LogP contribution in [0.1, 0.15) is 87.0 Å². The Hall–Kier alpha value is -0.890. The van der Waals surface area contributed by atoms with E-state index in [9.17, 15) is 4.57 Å². The normalized spacial score (nSPS) is 13.5. The van der Waals surface area contributed by atoms with E-state index in [1.165, 1.54) is 36.5 Å². The predicted octanol–water partition coefficient (Wildman–Crippen LogP) is 8.40. The average molecular weight is 411 g/mol. The SMILES string of the molecule is COP(=O)(OC)C(C)(C/C=C(\C)CCC=C(C)C)C/C=C(\C)CCC=C(C)C. The maximum absolute atomic E-state index is 13.3. The summed E-state index contributed by atoms with van der Waals surface area (Å²) in [6, 6.07) is 0. The van der Waals surface area contributed by atoms with Crippen LogP contribution < -0.4 is 0 Å². The lowest BCUT2D eigenvalue weighted by Gasteiger charge is -2.33. The van der Waals surface area contributed by atoms with Crippen LogP contribution in [0, 0.1) is 0 Å². The summed E-state index contributed by atoms with van der Waals surface area (Å²) >= 11 is 0. The van der Waals surface area contributed by atoms with Crippen LogP contribution in [-0.4, -0.2) is 19.4 Å². The van der Waals surface area contributed by atoms with E-state index < -0.39 is 12.8 Å². The van der Waals surface area contributed by atoms with Crippen molar-refractivity contribution in [1.82, 2.24) is 0 Å². The molecule has 0 fully saturated rings. The van der Waals surface area contributed by atoms with Crippen molar-refractivity contribution >= 4 is 7.60 Å². The van der Waals surface area contributed by atoms with Gasteiger partial charge in [0.1, 0.15) is 0 Å². The number of hydrogen-bond donors (Lipinski definition) is 0. The molecule has 0 aromatic heterocycles. The van der Waals surface area contributed by atoms with Crippen molar-refractivity contribution in [3.63, 3.8) is 0 Å². The topological polar surface area (TPSA) is 35.5 Å². The highest BCUT2D eigenvalue weighted by atomic mass is 31.2. The van der Waals surface area contributed by atoms with Crippen molar-refractivity contribution in [2.75, 3.05) is 14.2 Å². The maximum Gasteiger partial charge on any atom is 0.336 e. The third-order valence-electron chi connectivity index (χ3n) is 5.10. The van der Waals surface area contributed by atoms with Gasteiger partial charge in [-0.05, 0) is 87.0 Å². The fourth-order valence-electron chi connectivity index (χ4n) is 2.99. The molecule has 0 unspecified atom stereocenters. The first-order chi connectivity index (χ1) is 13.0. The minimum absolute atomic E-state index is 0.577. The van der Waals surface area contributed by atoms with E-state index in [0.29, 0.717) is 12.8 Å². The van der Waals surface area contributed by atoms with Crippen molar-refractivity contribution in [3.8, 4) is 0 Å². The number of allylic oxidation sites excluding steroid dienone is 8. The molecule has 0 saturated heterocycles. The van der Waals surface area contributed by atoms with Gasteiger partial charge in [-0.2, -0.15) is 0 Å². The Kier molecular flexibility index (Phi) is 12.9. The summed E-state index contributed by atoms with van der Waals surface area (Å²) < 4.78 is 24.1. The first-order valence-corrected chi connectivity index (χ1v) is 11.8. The Morgan fingerprint density at radius 2 is 1.11 bits per heavy atom. The second kappa shape index (κ2) is 13.4. The Labute approximate surface area is 174 Å². The molecule has 0 atom stereocenters. The second-order valence-electron chi connectivity index (χ2n) is 8.51. The molecule has 28 heavy (non-hydrogen) atoms. The van der Waals surface area contributed by atoms with Gasteiger partial charge >= 0.3 is 7.60 Å². The molecular formula is C24H43O3P. The highest BCUT2D eigenvalue weighted by Gasteiger charge is 2.44. The summed E-state index contributed by atoms with van der Waals surface area (Å²) in [6.45, 7) is 14.8. The van der Waals surface area contributed by atoms with Gasteiger partial charge < -0.3 is 9.05 Å². The largest absolute Gasteiger partial charge is 0.336 e. The van der Waals surface area contributed by atoms with Crippen molar-refractivity contribution in [2.24, 2.45) is 0 Å². The summed E-state index contributed by atoms with van der Waals surface area (Å²) in [5.41, 5.74) is 5.31. The van der Waals surface area contributed by atoms with Crippen LogP contribution in [0.4, 0.5) is 0 Å². The summed E-state index contributed by atoms with van der Waals surface area (Å²) in [5, 5.41) is -0.577. The van der Waals surface area contributed by atoms with Crippen LogP contribution in [0.15, 0.2) is 46.6 Å². The van der Waals surface area contributed by atoms with E-state index in [1.54, 1.807) is 0 Å². The van der Waals surface area contributed by atoms with Gasteiger partial charge in [0.15, 0.2) is 0 Å². The van der Waals surface area contributed by atoms with Crippen LogP contribution >= 0.6 is 7.60 Å². The van der Waals surface area contributed by atoms with E-state index in [-0.39, 0.29) is 0 Å². The van der Waals surface area contributed by atoms with Crippen molar-refractivity contribution in [1.29, 1.82) is 0 Å². The van der Waals surface area contributed by atoms with Gasteiger partial charge in [0.25, 0.3) is 0 Å². The lowest BCUT2D eigenvalue weighted by atomic mass is 9.97. The average Bonchev–Trinajstić information content (AvgIpc) is 2.63. The fourth-order valence-corrected chi connectivity index (χ4v) is 4.65. The third kappa shape index (κ3) is 10.0. The molecule has 3 nitrogen and oxygen atoms in total. The van der Waals surface area contributed by atoms with Crippen molar-refractivity contribution < 1.29 is 13.6 Å². The van der Waals surface area contributed by atoms with Gasteiger partial charge in [-0.3, -0.25) is 4.57 Å². The molecule has 0 bridgehead atoms. The minimum atomic E-state index is -3.21. The molecule has 0 aromatic carbocycles.